The summed E-state index contributed by atoms with van der Waals surface area (Å²) in [6.45, 7) is 2.46. The van der Waals surface area contributed by atoms with Gasteiger partial charge in [0.05, 0.1) is 11.5 Å². The Bertz CT molecular complexity index is 855. The van der Waals surface area contributed by atoms with E-state index in [1.807, 2.05) is 25.1 Å². The van der Waals surface area contributed by atoms with Crippen LogP contribution in [-0.2, 0) is 26.8 Å². The molecule has 1 aliphatic rings. The van der Waals surface area contributed by atoms with Gasteiger partial charge in [0.15, 0.2) is 9.84 Å². The Morgan fingerprint density at radius 2 is 2.08 bits per heavy atom. The van der Waals surface area contributed by atoms with Gasteiger partial charge in [-0.25, -0.2) is 8.42 Å². The number of sulfone groups is 1. The third kappa shape index (κ3) is 4.25. The monoisotopic (exact) mass is 381 g/mol. The molecular weight excluding hydrogens is 362 g/mol. The SMILES string of the molecule is Cc1cc(CCC(=O)N2CC(S(=O)(=O)Cc3ccco3)C2)ccc1Cl. The first kappa shape index (κ1) is 18.0. The molecule has 0 radical (unpaired) electrons. The number of carbonyl (C=O) groups excluding carboxylic acids is 1. The van der Waals surface area contributed by atoms with E-state index in [0.29, 0.717) is 23.6 Å². The number of halogens is 1. The highest BCUT2D eigenvalue weighted by molar-refractivity contribution is 7.91. The van der Waals surface area contributed by atoms with Crippen molar-refractivity contribution in [3.05, 3.63) is 58.5 Å². The Balaban J connectivity index is 1.48. The number of hydrogen-bond donors (Lipinski definition) is 0. The molecule has 134 valence electrons. The van der Waals surface area contributed by atoms with Crippen LogP contribution in [0.25, 0.3) is 0 Å². The Labute approximate surface area is 152 Å². The summed E-state index contributed by atoms with van der Waals surface area (Å²) >= 11 is 6.00. The molecule has 0 unspecified atom stereocenters. The Morgan fingerprint density at radius 3 is 2.72 bits per heavy atom. The van der Waals surface area contributed by atoms with E-state index in [9.17, 15) is 13.2 Å². The zero-order valence-electron chi connectivity index (χ0n) is 13.9. The molecular formula is C18H20ClNO4S. The lowest BCUT2D eigenvalue weighted by atomic mass is 10.1. The number of hydrogen-bond acceptors (Lipinski definition) is 4. The Hall–Kier alpha value is -1.79. The van der Waals surface area contributed by atoms with Crippen molar-refractivity contribution in [1.82, 2.24) is 4.90 Å². The summed E-state index contributed by atoms with van der Waals surface area (Å²) in [6.07, 6.45) is 2.45. The van der Waals surface area contributed by atoms with Gasteiger partial charge in [-0.1, -0.05) is 23.7 Å². The molecule has 0 N–H and O–H groups in total. The predicted octanol–water partition coefficient (Wildman–Crippen LogP) is 3.00. The van der Waals surface area contributed by atoms with Crippen LogP contribution in [0.4, 0.5) is 0 Å². The van der Waals surface area contributed by atoms with Crippen molar-refractivity contribution < 1.29 is 17.6 Å². The van der Waals surface area contributed by atoms with Gasteiger partial charge in [0.2, 0.25) is 5.91 Å². The average molecular weight is 382 g/mol. The van der Waals surface area contributed by atoms with Gasteiger partial charge in [-0.15, -0.1) is 0 Å². The zero-order chi connectivity index (χ0) is 18.0. The number of aryl methyl sites for hydroxylation is 2. The molecule has 2 heterocycles. The zero-order valence-corrected chi connectivity index (χ0v) is 15.5. The summed E-state index contributed by atoms with van der Waals surface area (Å²) in [7, 11) is -3.29. The molecule has 0 aliphatic carbocycles. The van der Waals surface area contributed by atoms with Crippen LogP contribution in [0, 0.1) is 6.92 Å². The maximum absolute atomic E-state index is 12.3. The third-order valence-corrected chi connectivity index (χ3v) is 6.91. The van der Waals surface area contributed by atoms with Crippen LogP contribution in [0.1, 0.15) is 23.3 Å². The number of furan rings is 1. The highest BCUT2D eigenvalue weighted by Gasteiger charge is 2.39. The molecule has 1 aromatic carbocycles. The van der Waals surface area contributed by atoms with E-state index >= 15 is 0 Å². The topological polar surface area (TPSA) is 67.6 Å². The predicted molar refractivity (Wildman–Crippen MR) is 96.2 cm³/mol. The summed E-state index contributed by atoms with van der Waals surface area (Å²) < 4.78 is 29.7. The van der Waals surface area contributed by atoms with Gasteiger partial charge in [0.1, 0.15) is 11.5 Å². The average Bonchev–Trinajstić information content (AvgIpc) is 2.98. The van der Waals surface area contributed by atoms with Crippen molar-refractivity contribution in [2.45, 2.75) is 30.8 Å². The van der Waals surface area contributed by atoms with E-state index in [1.54, 1.807) is 17.0 Å². The number of carbonyl (C=O) groups is 1. The van der Waals surface area contributed by atoms with Crippen LogP contribution in [0.15, 0.2) is 41.0 Å². The van der Waals surface area contributed by atoms with E-state index in [-0.39, 0.29) is 24.7 Å². The first-order valence-corrected chi connectivity index (χ1v) is 10.2. The second-order valence-corrected chi connectivity index (χ2v) is 9.08. The van der Waals surface area contributed by atoms with Gasteiger partial charge in [0.25, 0.3) is 0 Å². The van der Waals surface area contributed by atoms with Gasteiger partial charge in [-0.3, -0.25) is 4.79 Å². The Kier molecular flexibility index (Phi) is 5.20. The van der Waals surface area contributed by atoms with E-state index in [4.69, 9.17) is 16.0 Å². The highest BCUT2D eigenvalue weighted by atomic mass is 35.5. The standard InChI is InChI=1S/C18H20ClNO4S/c1-13-9-14(4-6-17(13)19)5-7-18(21)20-10-16(11-20)25(22,23)12-15-3-2-8-24-15/h2-4,6,8-9,16H,5,7,10-12H2,1H3. The fourth-order valence-corrected chi connectivity index (χ4v) is 4.58. The molecule has 2 aromatic rings. The number of rotatable bonds is 6. The largest absolute Gasteiger partial charge is 0.468 e. The molecule has 1 aliphatic heterocycles. The fourth-order valence-electron chi connectivity index (χ4n) is 2.85. The molecule has 0 atom stereocenters. The molecule has 1 amide bonds. The van der Waals surface area contributed by atoms with Gasteiger partial charge in [-0.05, 0) is 42.7 Å². The highest BCUT2D eigenvalue weighted by Crippen LogP contribution is 2.22. The molecule has 0 spiro atoms. The first-order chi connectivity index (χ1) is 11.8. The number of nitrogens with zero attached hydrogens (tertiary/aromatic N) is 1. The van der Waals surface area contributed by atoms with Crippen molar-refractivity contribution in [3.63, 3.8) is 0 Å². The lowest BCUT2D eigenvalue weighted by molar-refractivity contribution is -0.134. The van der Waals surface area contributed by atoms with Crippen molar-refractivity contribution in [3.8, 4) is 0 Å². The van der Waals surface area contributed by atoms with Crippen LogP contribution in [0.5, 0.6) is 0 Å². The Morgan fingerprint density at radius 1 is 1.32 bits per heavy atom. The number of benzene rings is 1. The van der Waals surface area contributed by atoms with Crippen molar-refractivity contribution >= 4 is 27.3 Å². The van der Waals surface area contributed by atoms with Crippen LogP contribution in [0.2, 0.25) is 5.02 Å². The van der Waals surface area contributed by atoms with Crippen LogP contribution in [0.3, 0.4) is 0 Å². The van der Waals surface area contributed by atoms with Gasteiger partial charge in [-0.2, -0.15) is 0 Å². The van der Waals surface area contributed by atoms with Gasteiger partial charge < -0.3 is 9.32 Å². The lowest BCUT2D eigenvalue weighted by Crippen LogP contribution is -2.57. The minimum absolute atomic E-state index is 0.0166. The minimum Gasteiger partial charge on any atom is -0.468 e. The number of likely N-dealkylation sites (tertiary alicyclic amines) is 1. The molecule has 0 bridgehead atoms. The normalized spacial score (nSPS) is 15.2. The quantitative estimate of drug-likeness (QED) is 0.771. The molecule has 5 nitrogen and oxygen atoms in total. The van der Waals surface area contributed by atoms with Crippen LogP contribution < -0.4 is 0 Å². The molecule has 1 saturated heterocycles. The fraction of sp³-hybridized carbons (Fsp3) is 0.389. The minimum atomic E-state index is -3.29. The van der Waals surface area contributed by atoms with E-state index < -0.39 is 15.1 Å². The second-order valence-electron chi connectivity index (χ2n) is 6.39. The van der Waals surface area contributed by atoms with Crippen LogP contribution in [-0.4, -0.2) is 37.6 Å². The van der Waals surface area contributed by atoms with E-state index in [2.05, 4.69) is 0 Å². The molecule has 1 aromatic heterocycles. The maximum Gasteiger partial charge on any atom is 0.222 e. The van der Waals surface area contributed by atoms with Gasteiger partial charge >= 0.3 is 0 Å². The van der Waals surface area contributed by atoms with Crippen molar-refractivity contribution in [1.29, 1.82) is 0 Å². The second kappa shape index (κ2) is 7.22. The summed E-state index contributed by atoms with van der Waals surface area (Å²) in [5.41, 5.74) is 2.04. The van der Waals surface area contributed by atoms with Gasteiger partial charge in [0, 0.05) is 24.5 Å². The first-order valence-electron chi connectivity index (χ1n) is 8.12. The molecule has 25 heavy (non-hydrogen) atoms. The van der Waals surface area contributed by atoms with Crippen LogP contribution >= 0.6 is 11.6 Å². The molecule has 7 heteroatoms. The van der Waals surface area contributed by atoms with Crippen molar-refractivity contribution in [2.75, 3.05) is 13.1 Å². The smallest absolute Gasteiger partial charge is 0.222 e. The third-order valence-electron chi connectivity index (χ3n) is 4.48. The molecule has 1 fully saturated rings. The summed E-state index contributed by atoms with van der Waals surface area (Å²) in [6, 6.07) is 9.03. The van der Waals surface area contributed by atoms with E-state index in [0.717, 1.165) is 11.1 Å². The lowest BCUT2D eigenvalue weighted by Gasteiger charge is -2.38. The van der Waals surface area contributed by atoms with E-state index in [1.165, 1.54) is 6.26 Å². The summed E-state index contributed by atoms with van der Waals surface area (Å²) in [5.74, 6) is 0.302. The maximum atomic E-state index is 12.3. The van der Waals surface area contributed by atoms with Crippen molar-refractivity contribution in [2.24, 2.45) is 0 Å². The number of amides is 1. The molecule has 0 saturated carbocycles. The molecule has 3 rings (SSSR count). The summed E-state index contributed by atoms with van der Waals surface area (Å²) in [4.78, 5) is 13.8. The summed E-state index contributed by atoms with van der Waals surface area (Å²) in [5, 5.41) is 0.210.